The van der Waals surface area contributed by atoms with E-state index in [1.54, 1.807) is 36.6 Å². The van der Waals surface area contributed by atoms with E-state index < -0.39 is 58.4 Å². The molecule has 1 heterocycles. The van der Waals surface area contributed by atoms with Crippen LogP contribution in [0, 0.1) is 11.6 Å². The molecule has 1 amide bonds. The van der Waals surface area contributed by atoms with E-state index in [2.05, 4.69) is 0 Å². The largest absolute Gasteiger partial charge is 0.481 e. The van der Waals surface area contributed by atoms with E-state index in [0.29, 0.717) is 26.7 Å². The van der Waals surface area contributed by atoms with Gasteiger partial charge in [0.1, 0.15) is 17.3 Å². The number of halogens is 2. The normalized spacial score (nSPS) is 13.0. The molecule has 2 unspecified atom stereocenters. The molecule has 46 heavy (non-hydrogen) atoms. The predicted octanol–water partition coefficient (Wildman–Crippen LogP) is 5.05. The van der Waals surface area contributed by atoms with Crippen molar-refractivity contribution in [3.05, 3.63) is 102 Å². The summed E-state index contributed by atoms with van der Waals surface area (Å²) < 4.78 is 56.3. The summed E-state index contributed by atoms with van der Waals surface area (Å²) in [5.41, 5.74) is 1.77. The molecule has 4 rings (SSSR count). The van der Waals surface area contributed by atoms with E-state index in [4.69, 9.17) is 10.2 Å². The number of nitrogens with two attached hydrogens (primary N) is 1. The van der Waals surface area contributed by atoms with E-state index in [0.717, 1.165) is 0 Å². The number of nitrogens with zero attached hydrogens (tertiary/aromatic N) is 2. The molecule has 4 aromatic rings. The summed E-state index contributed by atoms with van der Waals surface area (Å²) in [6.07, 6.45) is -3.17. The van der Waals surface area contributed by atoms with Gasteiger partial charge in [-0.25, -0.2) is 13.9 Å². The first-order chi connectivity index (χ1) is 21.7. The van der Waals surface area contributed by atoms with Crippen LogP contribution < -0.4 is 9.44 Å². The van der Waals surface area contributed by atoms with E-state index in [1.165, 1.54) is 60.7 Å². The summed E-state index contributed by atoms with van der Waals surface area (Å²) in [6.45, 7) is 3.53. The van der Waals surface area contributed by atoms with Crippen LogP contribution in [-0.2, 0) is 21.4 Å². The number of aromatic nitrogens is 1. The van der Waals surface area contributed by atoms with E-state index in [1.807, 2.05) is 0 Å². The molecule has 10 nitrogen and oxygen atoms in total. The number of para-hydroxylation sites is 1. The smallest absolute Gasteiger partial charge is 0.305 e. The van der Waals surface area contributed by atoms with Gasteiger partial charge in [-0.15, -0.1) is 0 Å². The number of amides is 1. The highest BCUT2D eigenvalue weighted by Crippen LogP contribution is 2.43. The lowest BCUT2D eigenvalue weighted by Gasteiger charge is -2.24. The van der Waals surface area contributed by atoms with Crippen LogP contribution in [0.15, 0.2) is 78.9 Å². The molecule has 0 spiro atoms. The minimum Gasteiger partial charge on any atom is -0.481 e. The third-order valence-electron chi connectivity index (χ3n) is 7.39. The molecule has 0 aliphatic carbocycles. The molecule has 0 bridgehead atoms. The third-order valence-corrected chi connectivity index (χ3v) is 8.28. The highest BCUT2D eigenvalue weighted by Gasteiger charge is 2.36. The van der Waals surface area contributed by atoms with Crippen molar-refractivity contribution in [2.45, 2.75) is 57.8 Å². The van der Waals surface area contributed by atoms with Crippen LogP contribution in [0.3, 0.4) is 0 Å². The highest BCUT2D eigenvalue weighted by atomic mass is 32.2. The summed E-state index contributed by atoms with van der Waals surface area (Å²) in [5.74, 6) is -3.31. The Labute approximate surface area is 265 Å². The maximum absolute atomic E-state index is 14.6. The summed E-state index contributed by atoms with van der Waals surface area (Å²) in [5, 5.41) is 35.5. The molecule has 2 atom stereocenters. The van der Waals surface area contributed by atoms with Gasteiger partial charge in [-0.3, -0.25) is 9.59 Å². The zero-order valence-electron chi connectivity index (χ0n) is 25.2. The zero-order chi connectivity index (χ0) is 33.8. The number of carboxylic acid groups (broad SMARTS) is 1. The van der Waals surface area contributed by atoms with Gasteiger partial charge < -0.3 is 19.9 Å². The topological polar surface area (TPSA) is 163 Å². The summed E-state index contributed by atoms with van der Waals surface area (Å²) in [7, 11) is -4.69. The molecule has 1 aromatic heterocycles. The van der Waals surface area contributed by atoms with Crippen LogP contribution in [0.1, 0.15) is 55.3 Å². The lowest BCUT2D eigenvalue weighted by molar-refractivity contribution is -0.139. The Morgan fingerprint density at radius 2 is 1.37 bits per heavy atom. The maximum atomic E-state index is 14.6. The number of aliphatic hydroxyl groups excluding tert-OH is 2. The van der Waals surface area contributed by atoms with Gasteiger partial charge in [-0.05, 0) is 80.6 Å². The molecule has 5 N–H and O–H groups in total. The van der Waals surface area contributed by atoms with E-state index >= 15 is 0 Å². The van der Waals surface area contributed by atoms with Gasteiger partial charge in [0.2, 0.25) is 0 Å². The minimum atomic E-state index is -4.69. The van der Waals surface area contributed by atoms with Crippen LogP contribution >= 0.6 is 0 Å². The number of aliphatic carboxylic acids is 1. The first kappa shape index (κ1) is 34.4. The number of hydrogen-bond acceptors (Lipinski definition) is 6. The monoisotopic (exact) mass is 655 g/mol. The van der Waals surface area contributed by atoms with Crippen molar-refractivity contribution in [1.82, 2.24) is 4.57 Å². The SMILES string of the molecule is CC(C)n1c(CCC(O)CC(O)CC(=O)O)c(-c2ccc(F)cc2)c(-c2ccc(F)cc2)c1C(=O)N(c1ccccc1)S(N)(=O)=O. The number of carboxylic acids is 1. The lowest BCUT2D eigenvalue weighted by Crippen LogP contribution is -2.42. The van der Waals surface area contributed by atoms with Crippen LogP contribution in [0.2, 0.25) is 0 Å². The van der Waals surface area contributed by atoms with Gasteiger partial charge in [0, 0.05) is 22.9 Å². The zero-order valence-corrected chi connectivity index (χ0v) is 26.0. The van der Waals surface area contributed by atoms with Crippen molar-refractivity contribution in [3.8, 4) is 22.3 Å². The number of anilines is 1. The molecule has 0 aliphatic rings. The van der Waals surface area contributed by atoms with Crippen molar-refractivity contribution in [1.29, 1.82) is 0 Å². The number of carbonyl (C=O) groups is 2. The fourth-order valence-electron chi connectivity index (χ4n) is 5.55. The first-order valence-electron chi connectivity index (χ1n) is 14.5. The van der Waals surface area contributed by atoms with E-state index in [9.17, 15) is 37.0 Å². The second-order valence-corrected chi connectivity index (χ2v) is 12.5. The van der Waals surface area contributed by atoms with Crippen molar-refractivity contribution < 1.29 is 42.1 Å². The lowest BCUT2D eigenvalue weighted by atomic mass is 9.92. The Morgan fingerprint density at radius 1 is 0.848 bits per heavy atom. The van der Waals surface area contributed by atoms with Gasteiger partial charge in [0.25, 0.3) is 5.91 Å². The Kier molecular flexibility index (Phi) is 10.7. The highest BCUT2D eigenvalue weighted by molar-refractivity contribution is 7.91. The molecule has 0 aliphatic heterocycles. The van der Waals surface area contributed by atoms with Crippen LogP contribution in [0.4, 0.5) is 14.5 Å². The number of carbonyl (C=O) groups excluding carboxylic acids is 1. The molecule has 0 saturated heterocycles. The van der Waals surface area contributed by atoms with Gasteiger partial charge in [0.05, 0.1) is 24.3 Å². The fourth-order valence-corrected chi connectivity index (χ4v) is 6.28. The Hall–Kier alpha value is -4.43. The van der Waals surface area contributed by atoms with Crippen LogP contribution in [0.25, 0.3) is 22.3 Å². The second kappa shape index (κ2) is 14.3. The molecule has 0 saturated carbocycles. The van der Waals surface area contributed by atoms with Crippen molar-refractivity contribution in [3.63, 3.8) is 0 Å². The molecular formula is C33H35F2N3O7S. The Morgan fingerprint density at radius 3 is 1.85 bits per heavy atom. The minimum absolute atomic E-state index is 0.00961. The second-order valence-electron chi connectivity index (χ2n) is 11.2. The average molecular weight is 656 g/mol. The molecule has 13 heteroatoms. The van der Waals surface area contributed by atoms with Gasteiger partial charge in [-0.1, -0.05) is 42.5 Å². The summed E-state index contributed by atoms with van der Waals surface area (Å²) in [6, 6.07) is 17.7. The van der Waals surface area contributed by atoms with Crippen molar-refractivity contribution in [2.24, 2.45) is 5.14 Å². The molecule has 0 radical (unpaired) electrons. The quantitative estimate of drug-likeness (QED) is 0.157. The van der Waals surface area contributed by atoms with E-state index in [-0.39, 0.29) is 36.2 Å². The number of aliphatic hydroxyl groups is 2. The number of hydrogen-bond donors (Lipinski definition) is 4. The molecule has 244 valence electrons. The van der Waals surface area contributed by atoms with Gasteiger partial charge >= 0.3 is 16.2 Å². The van der Waals surface area contributed by atoms with Crippen LogP contribution in [-0.4, -0.2) is 52.4 Å². The first-order valence-corrected chi connectivity index (χ1v) is 16.0. The Balaban J connectivity index is 2.03. The molecule has 0 fully saturated rings. The molecular weight excluding hydrogens is 620 g/mol. The van der Waals surface area contributed by atoms with Crippen molar-refractivity contribution >= 4 is 27.8 Å². The van der Waals surface area contributed by atoms with Gasteiger partial charge in [0.15, 0.2) is 0 Å². The fraction of sp³-hybridized carbons (Fsp3) is 0.273. The van der Waals surface area contributed by atoms with Crippen LogP contribution in [0.5, 0.6) is 0 Å². The summed E-state index contributed by atoms with van der Waals surface area (Å²) in [4.78, 5) is 25.6. The summed E-state index contributed by atoms with van der Waals surface area (Å²) >= 11 is 0. The molecule has 3 aromatic carbocycles. The van der Waals surface area contributed by atoms with Crippen molar-refractivity contribution in [2.75, 3.05) is 4.31 Å². The average Bonchev–Trinajstić information content (AvgIpc) is 3.32. The number of rotatable bonds is 13. The third kappa shape index (κ3) is 7.85. The van der Waals surface area contributed by atoms with Gasteiger partial charge in [-0.2, -0.15) is 12.7 Å². The predicted molar refractivity (Wildman–Crippen MR) is 169 cm³/mol. The maximum Gasteiger partial charge on any atom is 0.305 e. The number of benzene rings is 3. The standard InChI is InChI=1S/C33H35F2N3O7S/c1-20(2)37-28(17-16-26(39)18-27(40)19-29(41)42)30(21-8-12-23(34)13-9-21)31(22-10-14-24(35)15-11-22)32(37)33(43)38(46(36,44)45)25-6-4-3-5-7-25/h3-15,20,26-27,39-40H,16-19H2,1-2H3,(H,41,42)(H2,36,44,45). The Bertz CT molecular complexity index is 1790.